The molecule has 1 aliphatic rings. The maximum Gasteiger partial charge on any atom is 0.119 e. The summed E-state index contributed by atoms with van der Waals surface area (Å²) in [5.74, 6) is 1.54. The maximum absolute atomic E-state index is 5.74. The summed E-state index contributed by atoms with van der Waals surface area (Å²) in [7, 11) is 0. The van der Waals surface area contributed by atoms with Crippen molar-refractivity contribution < 1.29 is 4.74 Å². The molecule has 1 aliphatic carbocycles. The summed E-state index contributed by atoms with van der Waals surface area (Å²) in [4.78, 5) is 0. The second kappa shape index (κ2) is 7.31. The van der Waals surface area contributed by atoms with Crippen molar-refractivity contribution in [3.05, 3.63) is 29.8 Å². The van der Waals surface area contributed by atoms with Gasteiger partial charge in [0, 0.05) is 12.6 Å². The average molecular weight is 289 g/mol. The third-order valence-electron chi connectivity index (χ3n) is 4.61. The summed E-state index contributed by atoms with van der Waals surface area (Å²) in [6, 6.07) is 8.95. The van der Waals surface area contributed by atoms with E-state index in [0.717, 1.165) is 18.9 Å². The fourth-order valence-electron chi connectivity index (χ4n) is 3.04. The molecule has 21 heavy (non-hydrogen) atoms. The Labute approximate surface area is 130 Å². The quantitative estimate of drug-likeness (QED) is 0.766. The van der Waals surface area contributed by atoms with E-state index in [4.69, 9.17) is 4.74 Å². The largest absolute Gasteiger partial charge is 0.493 e. The summed E-state index contributed by atoms with van der Waals surface area (Å²) in [6.07, 6.45) is 5.53. The molecule has 1 fully saturated rings. The van der Waals surface area contributed by atoms with Gasteiger partial charge in [-0.15, -0.1) is 0 Å². The van der Waals surface area contributed by atoms with Crippen molar-refractivity contribution in [2.45, 2.75) is 59.4 Å². The van der Waals surface area contributed by atoms with Crippen molar-refractivity contribution in [3.63, 3.8) is 0 Å². The highest BCUT2D eigenvalue weighted by Gasteiger charge is 2.28. The van der Waals surface area contributed by atoms with E-state index in [0.29, 0.717) is 17.4 Å². The van der Waals surface area contributed by atoms with Crippen molar-refractivity contribution in [2.75, 3.05) is 13.2 Å². The Morgan fingerprint density at radius 1 is 1.10 bits per heavy atom. The first-order valence-electron chi connectivity index (χ1n) is 8.45. The molecule has 1 atom stereocenters. The first kappa shape index (κ1) is 16.4. The third-order valence-corrected chi connectivity index (χ3v) is 4.61. The summed E-state index contributed by atoms with van der Waals surface area (Å²) >= 11 is 0. The SMILES string of the molecule is CC(C)COc1ccc(C(C)NCC2(C)CCCC2)cc1. The number of hydrogen-bond acceptors (Lipinski definition) is 2. The second-order valence-corrected chi connectivity index (χ2v) is 7.39. The lowest BCUT2D eigenvalue weighted by molar-refractivity contribution is 0.271. The van der Waals surface area contributed by atoms with Crippen LogP contribution in [0, 0.1) is 11.3 Å². The van der Waals surface area contributed by atoms with Crippen molar-refractivity contribution in [3.8, 4) is 5.75 Å². The number of benzene rings is 1. The number of hydrogen-bond donors (Lipinski definition) is 1. The van der Waals surface area contributed by atoms with Crippen LogP contribution in [0.4, 0.5) is 0 Å². The van der Waals surface area contributed by atoms with Gasteiger partial charge in [0.15, 0.2) is 0 Å². The molecule has 1 unspecified atom stereocenters. The summed E-state index contributed by atoms with van der Waals surface area (Å²) in [6.45, 7) is 10.9. The molecule has 2 nitrogen and oxygen atoms in total. The van der Waals surface area contributed by atoms with Gasteiger partial charge in [0.2, 0.25) is 0 Å². The van der Waals surface area contributed by atoms with Gasteiger partial charge >= 0.3 is 0 Å². The standard InChI is InChI=1S/C19H31NO/c1-15(2)13-21-18-9-7-17(8-10-18)16(3)20-14-19(4)11-5-6-12-19/h7-10,15-16,20H,5-6,11-14H2,1-4H3. The van der Waals surface area contributed by atoms with E-state index >= 15 is 0 Å². The minimum absolute atomic E-state index is 0.404. The Morgan fingerprint density at radius 3 is 2.29 bits per heavy atom. The van der Waals surface area contributed by atoms with Crippen LogP contribution in [-0.2, 0) is 0 Å². The Morgan fingerprint density at radius 2 is 1.71 bits per heavy atom. The molecule has 0 amide bonds. The van der Waals surface area contributed by atoms with E-state index in [-0.39, 0.29) is 0 Å². The van der Waals surface area contributed by atoms with Gasteiger partial charge in [0.1, 0.15) is 5.75 Å². The van der Waals surface area contributed by atoms with E-state index in [1.807, 2.05) is 0 Å². The number of rotatable bonds is 7. The van der Waals surface area contributed by atoms with Gasteiger partial charge in [-0.25, -0.2) is 0 Å². The summed E-state index contributed by atoms with van der Waals surface area (Å²) < 4.78 is 5.74. The molecule has 0 aliphatic heterocycles. The lowest BCUT2D eigenvalue weighted by atomic mass is 9.88. The molecule has 2 rings (SSSR count). The Kier molecular flexibility index (Phi) is 5.69. The Bertz CT molecular complexity index is 418. The molecule has 0 radical (unpaired) electrons. The smallest absolute Gasteiger partial charge is 0.119 e. The van der Waals surface area contributed by atoms with Crippen molar-refractivity contribution in [1.82, 2.24) is 5.32 Å². The van der Waals surface area contributed by atoms with Gasteiger partial charge in [0.25, 0.3) is 0 Å². The maximum atomic E-state index is 5.74. The number of nitrogens with one attached hydrogen (secondary N) is 1. The van der Waals surface area contributed by atoms with Gasteiger partial charge < -0.3 is 10.1 Å². The zero-order chi connectivity index (χ0) is 15.3. The van der Waals surface area contributed by atoms with Crippen LogP contribution < -0.4 is 10.1 Å². The zero-order valence-corrected chi connectivity index (χ0v) is 14.1. The number of ether oxygens (including phenoxy) is 1. The van der Waals surface area contributed by atoms with Crippen LogP contribution in [0.5, 0.6) is 5.75 Å². The third kappa shape index (κ3) is 5.03. The minimum atomic E-state index is 0.404. The van der Waals surface area contributed by atoms with Gasteiger partial charge in [-0.1, -0.05) is 45.7 Å². The van der Waals surface area contributed by atoms with Gasteiger partial charge in [-0.2, -0.15) is 0 Å². The summed E-state index contributed by atoms with van der Waals surface area (Å²) in [5, 5.41) is 3.71. The highest BCUT2D eigenvalue weighted by molar-refractivity contribution is 5.29. The molecule has 1 aromatic carbocycles. The average Bonchev–Trinajstić information content (AvgIpc) is 2.90. The van der Waals surface area contributed by atoms with Crippen molar-refractivity contribution >= 4 is 0 Å². The molecule has 0 saturated heterocycles. The molecule has 118 valence electrons. The topological polar surface area (TPSA) is 21.3 Å². The highest BCUT2D eigenvalue weighted by atomic mass is 16.5. The molecule has 2 heteroatoms. The van der Waals surface area contributed by atoms with Crippen LogP contribution in [0.1, 0.15) is 65.0 Å². The first-order chi connectivity index (χ1) is 9.98. The van der Waals surface area contributed by atoms with Crippen LogP contribution in [0.3, 0.4) is 0 Å². The summed E-state index contributed by atoms with van der Waals surface area (Å²) in [5.41, 5.74) is 1.85. The van der Waals surface area contributed by atoms with Crippen LogP contribution in [0.15, 0.2) is 24.3 Å². The highest BCUT2D eigenvalue weighted by Crippen LogP contribution is 2.37. The van der Waals surface area contributed by atoms with E-state index < -0.39 is 0 Å². The van der Waals surface area contributed by atoms with Crippen molar-refractivity contribution in [2.24, 2.45) is 11.3 Å². The molecule has 0 spiro atoms. The lowest BCUT2D eigenvalue weighted by Gasteiger charge is -2.26. The van der Waals surface area contributed by atoms with Gasteiger partial charge in [0.05, 0.1) is 6.61 Å². The Balaban J connectivity index is 1.83. The van der Waals surface area contributed by atoms with E-state index in [2.05, 4.69) is 57.3 Å². The second-order valence-electron chi connectivity index (χ2n) is 7.39. The predicted molar refractivity (Wildman–Crippen MR) is 89.8 cm³/mol. The molecular formula is C19H31NO. The normalized spacial score (nSPS) is 18.9. The van der Waals surface area contributed by atoms with Gasteiger partial charge in [-0.05, 0) is 48.8 Å². The van der Waals surface area contributed by atoms with E-state index in [9.17, 15) is 0 Å². The minimum Gasteiger partial charge on any atom is -0.493 e. The van der Waals surface area contributed by atoms with Crippen LogP contribution >= 0.6 is 0 Å². The molecule has 0 aromatic heterocycles. The Hall–Kier alpha value is -1.02. The monoisotopic (exact) mass is 289 g/mol. The fourth-order valence-corrected chi connectivity index (χ4v) is 3.04. The van der Waals surface area contributed by atoms with E-state index in [1.54, 1.807) is 0 Å². The van der Waals surface area contributed by atoms with Gasteiger partial charge in [-0.3, -0.25) is 0 Å². The van der Waals surface area contributed by atoms with Crippen LogP contribution in [0.2, 0.25) is 0 Å². The molecular weight excluding hydrogens is 258 g/mol. The molecule has 1 saturated carbocycles. The molecule has 1 N–H and O–H groups in total. The molecule has 1 aromatic rings. The van der Waals surface area contributed by atoms with E-state index in [1.165, 1.54) is 31.2 Å². The first-order valence-corrected chi connectivity index (χ1v) is 8.45. The van der Waals surface area contributed by atoms with Crippen molar-refractivity contribution in [1.29, 1.82) is 0 Å². The molecule has 0 heterocycles. The van der Waals surface area contributed by atoms with Crippen LogP contribution in [0.25, 0.3) is 0 Å². The molecule has 0 bridgehead atoms. The fraction of sp³-hybridized carbons (Fsp3) is 0.684. The van der Waals surface area contributed by atoms with Crippen LogP contribution in [-0.4, -0.2) is 13.2 Å². The predicted octanol–water partition coefficient (Wildman–Crippen LogP) is 4.95. The lowest BCUT2D eigenvalue weighted by Crippen LogP contribution is -2.31. The zero-order valence-electron chi connectivity index (χ0n) is 14.1.